The molecule has 0 radical (unpaired) electrons. The molecular weight excluding hydrogens is 360 g/mol. The number of hydrogen-bond acceptors (Lipinski definition) is 3. The molecule has 156 valence electrons. The molecule has 1 aliphatic heterocycles. The van der Waals surface area contributed by atoms with E-state index in [1.54, 1.807) is 7.11 Å². The van der Waals surface area contributed by atoms with Gasteiger partial charge in [0.05, 0.1) is 13.3 Å². The van der Waals surface area contributed by atoms with E-state index in [1.807, 2.05) is 6.20 Å². The average molecular weight is 395 g/mol. The van der Waals surface area contributed by atoms with E-state index in [2.05, 4.69) is 42.6 Å². The second-order valence-corrected chi connectivity index (χ2v) is 10.4. The Morgan fingerprint density at radius 3 is 2.76 bits per heavy atom. The molecule has 1 N–H and O–H groups in total. The third-order valence-electron chi connectivity index (χ3n) is 9.39. The summed E-state index contributed by atoms with van der Waals surface area (Å²) in [6.07, 6.45) is 15.2. The van der Waals surface area contributed by atoms with E-state index < -0.39 is 0 Å². The number of pyridine rings is 1. The van der Waals surface area contributed by atoms with Gasteiger partial charge in [0.15, 0.2) is 0 Å². The van der Waals surface area contributed by atoms with Gasteiger partial charge in [0.1, 0.15) is 5.75 Å². The zero-order valence-corrected chi connectivity index (χ0v) is 18.0. The van der Waals surface area contributed by atoms with Crippen molar-refractivity contribution in [2.75, 3.05) is 7.11 Å². The maximum atomic E-state index is 12.0. The van der Waals surface area contributed by atoms with Crippen LogP contribution in [0.3, 0.4) is 0 Å². The van der Waals surface area contributed by atoms with E-state index in [4.69, 9.17) is 4.74 Å². The van der Waals surface area contributed by atoms with Crippen LogP contribution in [0.1, 0.15) is 76.7 Å². The monoisotopic (exact) mass is 394 g/mol. The highest BCUT2D eigenvalue weighted by Gasteiger charge is 2.58. The van der Waals surface area contributed by atoms with Crippen LogP contribution in [0.15, 0.2) is 30.2 Å². The van der Waals surface area contributed by atoms with Gasteiger partial charge in [-0.25, -0.2) is 0 Å². The summed E-state index contributed by atoms with van der Waals surface area (Å²) in [5.41, 5.74) is 3.41. The van der Waals surface area contributed by atoms with Crippen LogP contribution in [0.2, 0.25) is 0 Å². The standard InChI is InChI=1S/C25H34N2O2/c1-24-11-9-23(28)27-14-17(24)4-5-19-21-7-6-20(25(21,2)10-8-22(19)24)16-12-18(29-3)15-26-13-16/h12-15,19-22H,4-11H2,1-3H3,(H,27,28)/t19?,20?,21?,22?,24-,25+/m0/s1. The minimum absolute atomic E-state index is 0.191. The van der Waals surface area contributed by atoms with Crippen molar-refractivity contribution in [3.63, 3.8) is 0 Å². The van der Waals surface area contributed by atoms with Crippen molar-refractivity contribution in [3.8, 4) is 5.75 Å². The smallest absolute Gasteiger partial charge is 0.223 e. The highest BCUT2D eigenvalue weighted by Crippen LogP contribution is 2.68. The molecule has 0 saturated heterocycles. The topological polar surface area (TPSA) is 51.2 Å². The van der Waals surface area contributed by atoms with Crippen LogP contribution < -0.4 is 10.1 Å². The number of aromatic nitrogens is 1. The molecular formula is C25H34N2O2. The highest BCUT2D eigenvalue weighted by molar-refractivity contribution is 5.77. The molecule has 4 heteroatoms. The lowest BCUT2D eigenvalue weighted by Gasteiger charge is -2.57. The zero-order chi connectivity index (χ0) is 20.2. The SMILES string of the molecule is COc1cncc(C2CCC3C4CCC5=CNC(=O)CC[C@]5(C)C4CC[C@]23C)c1. The Bertz CT molecular complexity index is 849. The maximum absolute atomic E-state index is 12.0. The molecule has 4 unspecified atom stereocenters. The lowest BCUT2D eigenvalue weighted by molar-refractivity contribution is -0.120. The fraction of sp³-hybridized carbons (Fsp3) is 0.680. The summed E-state index contributed by atoms with van der Waals surface area (Å²) in [5, 5.41) is 3.04. The van der Waals surface area contributed by atoms with E-state index in [0.29, 0.717) is 17.8 Å². The number of methoxy groups -OCH3 is 1. The van der Waals surface area contributed by atoms with E-state index >= 15 is 0 Å². The first-order valence-electron chi connectivity index (χ1n) is 11.4. The van der Waals surface area contributed by atoms with E-state index in [0.717, 1.165) is 36.3 Å². The second-order valence-electron chi connectivity index (χ2n) is 10.4. The number of hydrogen-bond donors (Lipinski definition) is 1. The quantitative estimate of drug-likeness (QED) is 0.749. The number of carbonyl (C=O) groups is 1. The van der Waals surface area contributed by atoms with E-state index in [9.17, 15) is 4.79 Å². The summed E-state index contributed by atoms with van der Waals surface area (Å²) in [4.78, 5) is 16.5. The zero-order valence-electron chi connectivity index (χ0n) is 18.0. The number of fused-ring (bicyclic) bond motifs is 5. The Labute approximate surface area is 174 Å². The van der Waals surface area contributed by atoms with Crippen LogP contribution in [0.5, 0.6) is 5.75 Å². The van der Waals surface area contributed by atoms with Gasteiger partial charge >= 0.3 is 0 Å². The summed E-state index contributed by atoms with van der Waals surface area (Å²) in [7, 11) is 1.73. The summed E-state index contributed by atoms with van der Waals surface area (Å²) >= 11 is 0. The number of nitrogens with zero attached hydrogens (tertiary/aromatic N) is 1. The predicted molar refractivity (Wildman–Crippen MR) is 113 cm³/mol. The number of ether oxygens (including phenoxy) is 1. The molecule has 0 spiro atoms. The summed E-state index contributed by atoms with van der Waals surface area (Å²) in [6, 6.07) is 2.21. The first-order valence-corrected chi connectivity index (χ1v) is 11.4. The number of rotatable bonds is 2. The summed E-state index contributed by atoms with van der Waals surface area (Å²) < 4.78 is 5.46. The molecule has 3 saturated carbocycles. The summed E-state index contributed by atoms with van der Waals surface area (Å²) in [5.74, 6) is 3.93. The van der Waals surface area contributed by atoms with Crippen molar-refractivity contribution < 1.29 is 9.53 Å². The first kappa shape index (κ1) is 19.1. The molecule has 1 aromatic rings. The predicted octanol–water partition coefficient (Wildman–Crippen LogP) is 5.21. The van der Waals surface area contributed by atoms with Gasteiger partial charge in [-0.15, -0.1) is 0 Å². The van der Waals surface area contributed by atoms with Crippen molar-refractivity contribution in [1.29, 1.82) is 0 Å². The van der Waals surface area contributed by atoms with Crippen LogP contribution in [0.4, 0.5) is 0 Å². The molecule has 0 bridgehead atoms. The Balaban J connectivity index is 1.45. The molecule has 3 aliphatic carbocycles. The molecule has 29 heavy (non-hydrogen) atoms. The molecule has 3 fully saturated rings. The molecule has 1 amide bonds. The first-order chi connectivity index (χ1) is 14.0. The van der Waals surface area contributed by atoms with Crippen LogP contribution in [-0.2, 0) is 4.79 Å². The molecule has 6 atom stereocenters. The van der Waals surface area contributed by atoms with Crippen LogP contribution in [-0.4, -0.2) is 18.0 Å². The van der Waals surface area contributed by atoms with Crippen molar-refractivity contribution >= 4 is 5.91 Å². The lowest BCUT2D eigenvalue weighted by Crippen LogP contribution is -2.49. The van der Waals surface area contributed by atoms with Crippen LogP contribution >= 0.6 is 0 Å². The molecule has 4 nitrogen and oxygen atoms in total. The summed E-state index contributed by atoms with van der Waals surface area (Å²) in [6.45, 7) is 5.01. The normalized spacial score (nSPS) is 41.3. The maximum Gasteiger partial charge on any atom is 0.223 e. The molecule has 4 aliphatic rings. The fourth-order valence-corrected chi connectivity index (χ4v) is 7.81. The van der Waals surface area contributed by atoms with Crippen LogP contribution in [0.25, 0.3) is 0 Å². The van der Waals surface area contributed by atoms with Crippen molar-refractivity contribution in [1.82, 2.24) is 10.3 Å². The number of allylic oxidation sites excluding steroid dienone is 1. The minimum Gasteiger partial charge on any atom is -0.495 e. The van der Waals surface area contributed by atoms with Gasteiger partial charge in [-0.3, -0.25) is 9.78 Å². The van der Waals surface area contributed by atoms with Crippen LogP contribution in [0, 0.1) is 28.6 Å². The Hall–Kier alpha value is -1.84. The van der Waals surface area contributed by atoms with Gasteiger partial charge < -0.3 is 10.1 Å². The van der Waals surface area contributed by atoms with Gasteiger partial charge in [0.25, 0.3) is 0 Å². The van der Waals surface area contributed by atoms with Gasteiger partial charge in [0, 0.05) is 18.8 Å². The molecule has 5 rings (SSSR count). The molecule has 2 heterocycles. The number of amides is 1. The van der Waals surface area contributed by atoms with Gasteiger partial charge in [0.2, 0.25) is 5.91 Å². The number of carbonyl (C=O) groups excluding carboxylic acids is 1. The third kappa shape index (κ3) is 2.85. The largest absolute Gasteiger partial charge is 0.495 e. The van der Waals surface area contributed by atoms with Gasteiger partial charge in [-0.1, -0.05) is 13.8 Å². The minimum atomic E-state index is 0.191. The lowest BCUT2D eigenvalue weighted by atomic mass is 9.47. The van der Waals surface area contributed by atoms with E-state index in [1.165, 1.54) is 43.2 Å². The third-order valence-corrected chi connectivity index (χ3v) is 9.39. The molecule has 0 aromatic carbocycles. The highest BCUT2D eigenvalue weighted by atomic mass is 16.5. The van der Waals surface area contributed by atoms with Gasteiger partial charge in [-0.05, 0) is 96.7 Å². The van der Waals surface area contributed by atoms with Crippen molar-refractivity contribution in [2.45, 2.75) is 71.1 Å². The van der Waals surface area contributed by atoms with E-state index in [-0.39, 0.29) is 11.3 Å². The second kappa shape index (κ2) is 6.85. The van der Waals surface area contributed by atoms with Crippen molar-refractivity contribution in [3.05, 3.63) is 35.8 Å². The average Bonchev–Trinajstić information content (AvgIpc) is 3.01. The number of nitrogens with one attached hydrogen (secondary N) is 1. The fourth-order valence-electron chi connectivity index (χ4n) is 7.81. The Morgan fingerprint density at radius 1 is 1.07 bits per heavy atom. The van der Waals surface area contributed by atoms with Crippen molar-refractivity contribution in [2.24, 2.45) is 28.6 Å². The Kier molecular flexibility index (Phi) is 4.52. The molecule has 1 aromatic heterocycles. The van der Waals surface area contributed by atoms with Gasteiger partial charge in [-0.2, -0.15) is 0 Å². The Morgan fingerprint density at radius 2 is 1.93 bits per heavy atom.